The van der Waals surface area contributed by atoms with Gasteiger partial charge in [0.15, 0.2) is 11.5 Å². The first-order chi connectivity index (χ1) is 11.8. The van der Waals surface area contributed by atoms with E-state index >= 15 is 0 Å². The van der Waals surface area contributed by atoms with Crippen molar-refractivity contribution in [3.63, 3.8) is 0 Å². The third kappa shape index (κ3) is 3.05. The number of carbonyl (C=O) groups is 1. The largest absolute Gasteiger partial charge is 0.475 e. The van der Waals surface area contributed by atoms with E-state index in [9.17, 15) is 4.79 Å². The lowest BCUT2D eigenvalue weighted by atomic mass is 10.2. The van der Waals surface area contributed by atoms with Gasteiger partial charge in [-0.1, -0.05) is 30.3 Å². The van der Waals surface area contributed by atoms with Crippen molar-refractivity contribution >= 4 is 11.6 Å². The molecule has 1 fully saturated rings. The quantitative estimate of drug-likeness (QED) is 0.698. The van der Waals surface area contributed by atoms with E-state index in [-0.39, 0.29) is 11.8 Å². The summed E-state index contributed by atoms with van der Waals surface area (Å²) in [7, 11) is 0. The predicted octanol–water partition coefficient (Wildman–Crippen LogP) is 1.70. The standard InChI is InChI=1S/C17H17N5O2/c23-17(13-6-7-13)18-10-11-24-15-9-8-14-19-20-16(22(14)21-15)12-4-2-1-3-5-12/h1-5,8-9,13H,6-7,10-11H2,(H,18,23). The maximum absolute atomic E-state index is 11.6. The lowest BCUT2D eigenvalue weighted by molar-refractivity contribution is -0.122. The van der Waals surface area contributed by atoms with Crippen LogP contribution in [0.1, 0.15) is 12.8 Å². The molecule has 1 amide bonds. The Kier molecular flexibility index (Phi) is 3.82. The molecule has 24 heavy (non-hydrogen) atoms. The minimum Gasteiger partial charge on any atom is -0.475 e. The lowest BCUT2D eigenvalue weighted by Gasteiger charge is -2.07. The van der Waals surface area contributed by atoms with Gasteiger partial charge in [0.1, 0.15) is 6.61 Å². The topological polar surface area (TPSA) is 81.4 Å². The summed E-state index contributed by atoms with van der Waals surface area (Å²) >= 11 is 0. The summed E-state index contributed by atoms with van der Waals surface area (Å²) in [6.45, 7) is 0.850. The van der Waals surface area contributed by atoms with Gasteiger partial charge in [0.25, 0.3) is 0 Å². The van der Waals surface area contributed by atoms with Crippen molar-refractivity contribution in [2.45, 2.75) is 12.8 Å². The van der Waals surface area contributed by atoms with E-state index in [4.69, 9.17) is 4.74 Å². The number of nitrogens with zero attached hydrogens (tertiary/aromatic N) is 4. The van der Waals surface area contributed by atoms with E-state index in [0.717, 1.165) is 18.4 Å². The fourth-order valence-corrected chi connectivity index (χ4v) is 2.44. The van der Waals surface area contributed by atoms with Crippen molar-refractivity contribution in [3.05, 3.63) is 42.5 Å². The Morgan fingerprint density at radius 3 is 2.79 bits per heavy atom. The van der Waals surface area contributed by atoms with Crippen molar-refractivity contribution < 1.29 is 9.53 Å². The number of carbonyl (C=O) groups excluding carboxylic acids is 1. The van der Waals surface area contributed by atoms with E-state index in [1.807, 2.05) is 36.4 Å². The van der Waals surface area contributed by atoms with Gasteiger partial charge in [-0.05, 0) is 18.9 Å². The van der Waals surface area contributed by atoms with Gasteiger partial charge in [0, 0.05) is 17.5 Å². The smallest absolute Gasteiger partial charge is 0.231 e. The normalized spacial score (nSPS) is 13.8. The van der Waals surface area contributed by atoms with Gasteiger partial charge in [-0.3, -0.25) is 4.79 Å². The predicted molar refractivity (Wildman–Crippen MR) is 87.4 cm³/mol. The molecule has 2 aromatic heterocycles. The third-order valence-corrected chi connectivity index (χ3v) is 3.87. The molecule has 1 aromatic carbocycles. The second-order valence-corrected chi connectivity index (χ2v) is 5.74. The number of ether oxygens (including phenoxy) is 1. The summed E-state index contributed by atoms with van der Waals surface area (Å²) in [6.07, 6.45) is 2.00. The Hall–Kier alpha value is -2.96. The van der Waals surface area contributed by atoms with Gasteiger partial charge in [-0.2, -0.15) is 4.52 Å². The van der Waals surface area contributed by atoms with Crippen molar-refractivity contribution in [2.24, 2.45) is 5.92 Å². The van der Waals surface area contributed by atoms with Crippen LogP contribution in [0.3, 0.4) is 0 Å². The fraction of sp³-hybridized carbons (Fsp3) is 0.294. The number of rotatable bonds is 6. The molecule has 4 rings (SSSR count). The molecular weight excluding hydrogens is 306 g/mol. The van der Waals surface area contributed by atoms with Crippen LogP contribution >= 0.6 is 0 Å². The summed E-state index contributed by atoms with van der Waals surface area (Å²) in [5, 5.41) is 15.6. The van der Waals surface area contributed by atoms with E-state index in [2.05, 4.69) is 20.6 Å². The summed E-state index contributed by atoms with van der Waals surface area (Å²) in [5.74, 6) is 1.47. The maximum atomic E-state index is 11.6. The molecule has 1 saturated carbocycles. The van der Waals surface area contributed by atoms with Crippen LogP contribution in [0, 0.1) is 5.92 Å². The summed E-state index contributed by atoms with van der Waals surface area (Å²) < 4.78 is 7.28. The van der Waals surface area contributed by atoms with Crippen molar-refractivity contribution in [3.8, 4) is 17.3 Å². The van der Waals surface area contributed by atoms with E-state index < -0.39 is 0 Å². The molecule has 122 valence electrons. The van der Waals surface area contributed by atoms with Crippen LogP contribution in [-0.2, 0) is 4.79 Å². The molecule has 7 heteroatoms. The zero-order chi connectivity index (χ0) is 16.4. The summed E-state index contributed by atoms with van der Waals surface area (Å²) in [6, 6.07) is 13.3. The monoisotopic (exact) mass is 323 g/mol. The SMILES string of the molecule is O=C(NCCOc1ccc2nnc(-c3ccccc3)n2n1)C1CC1. The molecule has 0 saturated heterocycles. The first-order valence-electron chi connectivity index (χ1n) is 8.00. The van der Waals surface area contributed by atoms with Crippen LogP contribution < -0.4 is 10.1 Å². The van der Waals surface area contributed by atoms with Gasteiger partial charge in [-0.25, -0.2) is 0 Å². The molecular formula is C17H17N5O2. The molecule has 0 aliphatic heterocycles. The minimum atomic E-state index is 0.118. The molecule has 3 aromatic rings. The van der Waals surface area contributed by atoms with Gasteiger partial charge in [0.2, 0.25) is 11.8 Å². The van der Waals surface area contributed by atoms with E-state index in [1.54, 1.807) is 10.6 Å². The van der Waals surface area contributed by atoms with E-state index in [1.165, 1.54) is 0 Å². The summed E-state index contributed by atoms with van der Waals surface area (Å²) in [4.78, 5) is 11.6. The Balaban J connectivity index is 1.45. The van der Waals surface area contributed by atoms with Gasteiger partial charge in [-0.15, -0.1) is 15.3 Å². The van der Waals surface area contributed by atoms with Crippen LogP contribution in [0.4, 0.5) is 0 Å². The van der Waals surface area contributed by atoms with Crippen molar-refractivity contribution in [1.82, 2.24) is 25.1 Å². The highest BCUT2D eigenvalue weighted by atomic mass is 16.5. The molecule has 0 atom stereocenters. The van der Waals surface area contributed by atoms with Crippen molar-refractivity contribution in [2.75, 3.05) is 13.2 Å². The lowest BCUT2D eigenvalue weighted by Crippen LogP contribution is -2.29. The molecule has 7 nitrogen and oxygen atoms in total. The third-order valence-electron chi connectivity index (χ3n) is 3.87. The average molecular weight is 323 g/mol. The molecule has 0 unspecified atom stereocenters. The van der Waals surface area contributed by atoms with Crippen LogP contribution in [0.25, 0.3) is 17.0 Å². The molecule has 1 aliphatic rings. The van der Waals surface area contributed by atoms with Crippen LogP contribution in [0.2, 0.25) is 0 Å². The molecule has 0 radical (unpaired) electrons. The molecule has 1 N–H and O–H groups in total. The number of amides is 1. The number of fused-ring (bicyclic) bond motifs is 1. The fourth-order valence-electron chi connectivity index (χ4n) is 2.44. The Morgan fingerprint density at radius 2 is 2.00 bits per heavy atom. The Bertz CT molecular complexity index is 858. The number of benzene rings is 1. The second-order valence-electron chi connectivity index (χ2n) is 5.74. The highest BCUT2D eigenvalue weighted by molar-refractivity contribution is 5.80. The van der Waals surface area contributed by atoms with Gasteiger partial charge >= 0.3 is 0 Å². The number of nitrogens with one attached hydrogen (secondary N) is 1. The highest BCUT2D eigenvalue weighted by Crippen LogP contribution is 2.28. The van der Waals surface area contributed by atoms with Crippen LogP contribution in [0.5, 0.6) is 5.88 Å². The van der Waals surface area contributed by atoms with Gasteiger partial charge in [0.05, 0.1) is 6.54 Å². The molecule has 1 aliphatic carbocycles. The van der Waals surface area contributed by atoms with Gasteiger partial charge < -0.3 is 10.1 Å². The minimum absolute atomic E-state index is 0.118. The van der Waals surface area contributed by atoms with Crippen LogP contribution in [-0.4, -0.2) is 38.9 Å². The number of hydrogen-bond acceptors (Lipinski definition) is 5. The first-order valence-corrected chi connectivity index (χ1v) is 8.00. The zero-order valence-corrected chi connectivity index (χ0v) is 13.1. The Labute approximate surface area is 138 Å². The van der Waals surface area contributed by atoms with Crippen molar-refractivity contribution in [1.29, 1.82) is 0 Å². The second kappa shape index (κ2) is 6.27. The highest BCUT2D eigenvalue weighted by Gasteiger charge is 2.29. The molecule has 0 spiro atoms. The molecule has 2 heterocycles. The number of hydrogen-bond donors (Lipinski definition) is 1. The van der Waals surface area contributed by atoms with Crippen LogP contribution in [0.15, 0.2) is 42.5 Å². The molecule has 0 bridgehead atoms. The van der Waals surface area contributed by atoms with E-state index in [0.29, 0.717) is 30.5 Å². The summed E-state index contributed by atoms with van der Waals surface area (Å²) in [5.41, 5.74) is 1.59. The first kappa shape index (κ1) is 14.6. The maximum Gasteiger partial charge on any atom is 0.231 e. The average Bonchev–Trinajstić information content (AvgIpc) is 3.39. The Morgan fingerprint density at radius 1 is 1.17 bits per heavy atom. The zero-order valence-electron chi connectivity index (χ0n) is 13.1. The number of aromatic nitrogens is 4.